The lowest BCUT2D eigenvalue weighted by Gasteiger charge is -2.39. The maximum Gasteiger partial charge on any atom is 0.0589 e. The van der Waals surface area contributed by atoms with Gasteiger partial charge in [-0.3, -0.25) is 4.90 Å². The number of hydrogen-bond acceptors (Lipinski definition) is 3. The number of hydrogen-bond donors (Lipinski definition) is 2. The van der Waals surface area contributed by atoms with E-state index in [0.29, 0.717) is 30.0 Å². The van der Waals surface area contributed by atoms with Gasteiger partial charge in [-0.05, 0) is 37.1 Å². The van der Waals surface area contributed by atoms with Crippen LogP contribution in [0.3, 0.4) is 0 Å². The highest BCUT2D eigenvalue weighted by atomic mass is 16.3. The Balaban J connectivity index is 2.66. The van der Waals surface area contributed by atoms with Crippen molar-refractivity contribution in [2.24, 2.45) is 11.3 Å². The summed E-state index contributed by atoms with van der Waals surface area (Å²) < 4.78 is 0. The van der Waals surface area contributed by atoms with Gasteiger partial charge >= 0.3 is 0 Å². The van der Waals surface area contributed by atoms with Crippen LogP contribution in [0.15, 0.2) is 0 Å². The summed E-state index contributed by atoms with van der Waals surface area (Å²) in [5.41, 5.74) is 0.349. The first-order valence-corrected chi connectivity index (χ1v) is 8.06. The molecule has 3 heteroatoms. The second-order valence-corrected chi connectivity index (χ2v) is 6.73. The average Bonchev–Trinajstić information content (AvgIpc) is 2.74. The van der Waals surface area contributed by atoms with Crippen molar-refractivity contribution in [3.05, 3.63) is 0 Å². The fraction of sp³-hybridized carbons (Fsp3) is 1.00. The van der Waals surface area contributed by atoms with E-state index < -0.39 is 0 Å². The van der Waals surface area contributed by atoms with E-state index in [9.17, 15) is 5.11 Å². The highest BCUT2D eigenvalue weighted by Crippen LogP contribution is 2.32. The van der Waals surface area contributed by atoms with Crippen molar-refractivity contribution in [3.8, 4) is 0 Å². The molecule has 2 atom stereocenters. The molecule has 1 aliphatic heterocycles. The first-order valence-electron chi connectivity index (χ1n) is 8.06. The number of nitrogens with zero attached hydrogens (tertiary/aromatic N) is 1. The third-order valence-electron chi connectivity index (χ3n) is 5.11. The molecule has 1 aliphatic rings. The van der Waals surface area contributed by atoms with Crippen LogP contribution in [0.4, 0.5) is 0 Å². The largest absolute Gasteiger partial charge is 0.395 e. The lowest BCUT2D eigenvalue weighted by atomic mass is 9.81. The Morgan fingerprint density at radius 3 is 2.42 bits per heavy atom. The Bertz CT molecular complexity index is 251. The number of aliphatic hydroxyl groups is 1. The first-order chi connectivity index (χ1) is 8.98. The molecular formula is C16H34N2O. The molecule has 0 aliphatic carbocycles. The van der Waals surface area contributed by atoms with Gasteiger partial charge in [0, 0.05) is 25.2 Å². The van der Waals surface area contributed by atoms with E-state index in [1.54, 1.807) is 0 Å². The van der Waals surface area contributed by atoms with Gasteiger partial charge in [0.25, 0.3) is 0 Å². The predicted octanol–water partition coefficient (Wildman–Crippen LogP) is 2.49. The van der Waals surface area contributed by atoms with Crippen LogP contribution in [-0.4, -0.2) is 48.3 Å². The molecule has 3 nitrogen and oxygen atoms in total. The van der Waals surface area contributed by atoms with Crippen molar-refractivity contribution in [1.29, 1.82) is 0 Å². The molecule has 0 aromatic rings. The minimum atomic E-state index is 0.308. The van der Waals surface area contributed by atoms with Gasteiger partial charge in [-0.15, -0.1) is 0 Å². The molecule has 0 aromatic carbocycles. The van der Waals surface area contributed by atoms with Gasteiger partial charge in [-0.2, -0.15) is 0 Å². The molecule has 0 amide bonds. The van der Waals surface area contributed by atoms with E-state index in [1.807, 2.05) is 0 Å². The maximum atomic E-state index is 9.61. The van der Waals surface area contributed by atoms with Crippen LogP contribution >= 0.6 is 0 Å². The van der Waals surface area contributed by atoms with Gasteiger partial charge in [0.15, 0.2) is 0 Å². The summed E-state index contributed by atoms with van der Waals surface area (Å²) in [6.45, 7) is 15.0. The summed E-state index contributed by atoms with van der Waals surface area (Å²) in [5.74, 6) is 0.634. The van der Waals surface area contributed by atoms with E-state index in [1.165, 1.54) is 19.3 Å². The monoisotopic (exact) mass is 270 g/mol. The normalized spacial score (nSPS) is 25.4. The molecule has 0 saturated carbocycles. The Hall–Kier alpha value is -0.120. The minimum Gasteiger partial charge on any atom is -0.395 e. The molecule has 0 spiro atoms. The van der Waals surface area contributed by atoms with Crippen molar-refractivity contribution in [3.63, 3.8) is 0 Å². The fourth-order valence-corrected chi connectivity index (χ4v) is 3.21. The molecule has 2 N–H and O–H groups in total. The topological polar surface area (TPSA) is 35.5 Å². The fourth-order valence-electron chi connectivity index (χ4n) is 3.21. The van der Waals surface area contributed by atoms with Crippen molar-refractivity contribution in [2.75, 3.05) is 26.2 Å². The molecule has 19 heavy (non-hydrogen) atoms. The maximum absolute atomic E-state index is 9.61. The highest BCUT2D eigenvalue weighted by molar-refractivity contribution is 4.90. The summed E-state index contributed by atoms with van der Waals surface area (Å²) in [5, 5.41) is 13.2. The molecular weight excluding hydrogens is 236 g/mol. The molecule has 2 unspecified atom stereocenters. The van der Waals surface area contributed by atoms with Crippen LogP contribution in [0.2, 0.25) is 0 Å². The van der Waals surface area contributed by atoms with Crippen LogP contribution < -0.4 is 5.32 Å². The second-order valence-electron chi connectivity index (χ2n) is 6.73. The van der Waals surface area contributed by atoms with Crippen molar-refractivity contribution in [1.82, 2.24) is 10.2 Å². The smallest absolute Gasteiger partial charge is 0.0589 e. The molecule has 1 fully saturated rings. The Morgan fingerprint density at radius 2 is 1.95 bits per heavy atom. The number of rotatable bonds is 8. The summed E-state index contributed by atoms with van der Waals surface area (Å²) in [7, 11) is 0. The van der Waals surface area contributed by atoms with E-state index in [2.05, 4.69) is 44.8 Å². The summed E-state index contributed by atoms with van der Waals surface area (Å²) in [6.07, 6.45) is 3.63. The van der Waals surface area contributed by atoms with Crippen molar-refractivity contribution >= 4 is 0 Å². The summed E-state index contributed by atoms with van der Waals surface area (Å²) in [6, 6.07) is 0.917. The molecule has 0 aromatic heterocycles. The Labute approximate surface area is 119 Å². The zero-order chi connectivity index (χ0) is 14.5. The standard InChI is InChI=1S/C16H34N2O/c1-6-16(7-2,11-17-13(3)4)12-18-9-8-14(5)15(18)10-19/h13-15,17,19H,6-12H2,1-5H3. The first kappa shape index (κ1) is 16.9. The van der Waals surface area contributed by atoms with Gasteiger partial charge in [0.1, 0.15) is 0 Å². The van der Waals surface area contributed by atoms with Crippen LogP contribution in [-0.2, 0) is 0 Å². The van der Waals surface area contributed by atoms with E-state index >= 15 is 0 Å². The molecule has 1 rings (SSSR count). The molecule has 1 heterocycles. The molecule has 0 bridgehead atoms. The van der Waals surface area contributed by atoms with Crippen molar-refractivity contribution < 1.29 is 5.11 Å². The van der Waals surface area contributed by atoms with E-state index in [4.69, 9.17) is 0 Å². The number of nitrogens with one attached hydrogen (secondary N) is 1. The lowest BCUT2D eigenvalue weighted by Crippen LogP contribution is -2.47. The zero-order valence-electron chi connectivity index (χ0n) is 13.6. The Kier molecular flexibility index (Phi) is 6.78. The van der Waals surface area contributed by atoms with Gasteiger partial charge in [-0.1, -0.05) is 34.6 Å². The zero-order valence-corrected chi connectivity index (χ0v) is 13.6. The van der Waals surface area contributed by atoms with Gasteiger partial charge in [-0.25, -0.2) is 0 Å². The van der Waals surface area contributed by atoms with Crippen LogP contribution in [0.25, 0.3) is 0 Å². The average molecular weight is 270 g/mol. The van der Waals surface area contributed by atoms with Gasteiger partial charge in [0.05, 0.1) is 6.61 Å². The third-order valence-corrected chi connectivity index (χ3v) is 5.11. The quantitative estimate of drug-likeness (QED) is 0.711. The SMILES string of the molecule is CCC(CC)(CNC(C)C)CN1CCC(C)C1CO. The van der Waals surface area contributed by atoms with Crippen LogP contribution in [0.5, 0.6) is 0 Å². The van der Waals surface area contributed by atoms with Gasteiger partial charge in [0.2, 0.25) is 0 Å². The minimum absolute atomic E-state index is 0.308. The summed E-state index contributed by atoms with van der Waals surface area (Å²) in [4.78, 5) is 2.53. The van der Waals surface area contributed by atoms with Gasteiger partial charge < -0.3 is 10.4 Å². The second kappa shape index (κ2) is 7.61. The number of aliphatic hydroxyl groups excluding tert-OH is 1. The summed E-state index contributed by atoms with van der Waals surface area (Å²) >= 11 is 0. The van der Waals surface area contributed by atoms with Crippen LogP contribution in [0.1, 0.15) is 53.9 Å². The van der Waals surface area contributed by atoms with Crippen LogP contribution in [0, 0.1) is 11.3 Å². The number of likely N-dealkylation sites (tertiary alicyclic amines) is 1. The third kappa shape index (κ3) is 4.44. The highest BCUT2D eigenvalue weighted by Gasteiger charge is 2.36. The predicted molar refractivity (Wildman–Crippen MR) is 82.4 cm³/mol. The van der Waals surface area contributed by atoms with E-state index in [-0.39, 0.29) is 0 Å². The van der Waals surface area contributed by atoms with E-state index in [0.717, 1.165) is 19.6 Å². The molecule has 0 radical (unpaired) electrons. The Morgan fingerprint density at radius 1 is 1.32 bits per heavy atom. The molecule has 1 saturated heterocycles. The lowest BCUT2D eigenvalue weighted by molar-refractivity contribution is 0.0817. The molecule has 114 valence electrons. The van der Waals surface area contributed by atoms with Crippen molar-refractivity contribution in [2.45, 2.75) is 66.0 Å².